The highest BCUT2D eigenvalue weighted by molar-refractivity contribution is 6.30. The van der Waals surface area contributed by atoms with Crippen molar-refractivity contribution in [3.05, 3.63) is 29.8 Å². The Balaban J connectivity index is 2.34. The van der Waals surface area contributed by atoms with Gasteiger partial charge in [-0.2, -0.15) is 0 Å². The first-order valence-electron chi connectivity index (χ1n) is 7.37. The number of benzene rings is 1. The molecule has 6 nitrogen and oxygen atoms in total. The molecule has 2 N–H and O–H groups in total. The van der Waals surface area contributed by atoms with E-state index in [-0.39, 0.29) is 25.4 Å². The van der Waals surface area contributed by atoms with Gasteiger partial charge in [0.05, 0.1) is 13.7 Å². The quantitative estimate of drug-likeness (QED) is 0.526. The van der Waals surface area contributed by atoms with Crippen LogP contribution in [0.15, 0.2) is 24.3 Å². The third-order valence-corrected chi connectivity index (χ3v) is 3.58. The number of aliphatic hydroxyl groups is 1. The Bertz CT molecular complexity index is 506. The zero-order valence-electron chi connectivity index (χ0n) is 13.3. The van der Waals surface area contributed by atoms with Gasteiger partial charge in [0.25, 0.3) is 0 Å². The van der Waals surface area contributed by atoms with Crippen LogP contribution in [0.2, 0.25) is 0 Å². The molecule has 0 spiro atoms. The molecule has 23 heavy (non-hydrogen) atoms. The van der Waals surface area contributed by atoms with E-state index in [1.54, 1.807) is 26.2 Å². The molecule has 1 aromatic carbocycles. The lowest BCUT2D eigenvalue weighted by molar-refractivity contribution is -0.153. The number of esters is 1. The molecule has 7 heteroatoms. The molecule has 0 aromatic heterocycles. The van der Waals surface area contributed by atoms with Gasteiger partial charge < -0.3 is 19.9 Å². The van der Waals surface area contributed by atoms with Gasteiger partial charge in [0.1, 0.15) is 11.1 Å². The lowest BCUT2D eigenvalue weighted by Gasteiger charge is -2.13. The topological polar surface area (TPSA) is 84.9 Å². The zero-order chi connectivity index (χ0) is 17.2. The van der Waals surface area contributed by atoms with Crippen LogP contribution in [0.5, 0.6) is 5.75 Å². The lowest BCUT2D eigenvalue weighted by atomic mass is 10.1. The van der Waals surface area contributed by atoms with E-state index in [1.807, 2.05) is 12.1 Å². The van der Waals surface area contributed by atoms with Crippen molar-refractivity contribution in [3.63, 3.8) is 0 Å². The summed E-state index contributed by atoms with van der Waals surface area (Å²) in [7, 11) is 1.58. The fourth-order valence-electron chi connectivity index (χ4n) is 1.83. The van der Waals surface area contributed by atoms with Crippen molar-refractivity contribution in [2.45, 2.75) is 37.8 Å². The van der Waals surface area contributed by atoms with Crippen molar-refractivity contribution in [1.29, 1.82) is 0 Å². The van der Waals surface area contributed by atoms with E-state index < -0.39 is 17.5 Å². The normalized spacial score (nSPS) is 13.0. The number of carbonyl (C=O) groups excluding carboxylic acids is 2. The number of nitrogens with one attached hydrogen (secondary N) is 1. The minimum Gasteiger partial charge on any atom is -0.497 e. The minimum absolute atomic E-state index is 0.0724. The Hall–Kier alpha value is -1.79. The molecular formula is C16H22ClNO5. The number of rotatable bonds is 9. The van der Waals surface area contributed by atoms with Crippen LogP contribution in [0.25, 0.3) is 0 Å². The Morgan fingerprint density at radius 2 is 1.91 bits per heavy atom. The van der Waals surface area contributed by atoms with Crippen molar-refractivity contribution >= 4 is 23.5 Å². The van der Waals surface area contributed by atoms with Gasteiger partial charge in [-0.3, -0.25) is 4.79 Å². The summed E-state index contributed by atoms with van der Waals surface area (Å²) in [6.07, 6.45) is -1.01. The fourth-order valence-corrected chi connectivity index (χ4v) is 2.04. The summed E-state index contributed by atoms with van der Waals surface area (Å²) < 4.78 is 9.73. The number of halogens is 1. The first-order valence-corrected chi connectivity index (χ1v) is 7.81. The molecule has 0 heterocycles. The third-order valence-electron chi connectivity index (χ3n) is 3.16. The molecule has 1 amide bonds. The molecule has 2 atom stereocenters. The van der Waals surface area contributed by atoms with E-state index >= 15 is 0 Å². The zero-order valence-corrected chi connectivity index (χ0v) is 14.0. The molecule has 0 bridgehead atoms. The van der Waals surface area contributed by atoms with E-state index in [4.69, 9.17) is 16.3 Å². The first-order chi connectivity index (χ1) is 11.0. The predicted molar refractivity (Wildman–Crippen MR) is 86.4 cm³/mol. The maximum absolute atomic E-state index is 11.9. The molecule has 0 saturated heterocycles. The summed E-state index contributed by atoms with van der Waals surface area (Å²) in [5.41, 5.74) is 0.912. The summed E-state index contributed by atoms with van der Waals surface area (Å²) in [6, 6.07) is 7.28. The van der Waals surface area contributed by atoms with Crippen molar-refractivity contribution in [2.24, 2.45) is 0 Å². The van der Waals surface area contributed by atoms with Gasteiger partial charge in [0.2, 0.25) is 5.91 Å². The van der Waals surface area contributed by atoms with Crippen LogP contribution in [-0.4, -0.2) is 42.2 Å². The second-order valence-corrected chi connectivity index (χ2v) is 5.41. The number of carbonyl (C=O) groups is 2. The van der Waals surface area contributed by atoms with E-state index in [2.05, 4.69) is 10.1 Å². The van der Waals surface area contributed by atoms with Crippen LogP contribution in [0.3, 0.4) is 0 Å². The number of amides is 1. The van der Waals surface area contributed by atoms with Crippen molar-refractivity contribution in [1.82, 2.24) is 5.32 Å². The van der Waals surface area contributed by atoms with Gasteiger partial charge in [0.15, 0.2) is 6.10 Å². The van der Waals surface area contributed by atoms with Crippen LogP contribution in [0.4, 0.5) is 0 Å². The highest BCUT2D eigenvalue weighted by Gasteiger charge is 2.21. The SMILES string of the molecule is CCOC(=O)C(O)CCC(Cl)C(=O)NCc1ccc(OC)cc1. The second-order valence-electron chi connectivity index (χ2n) is 4.88. The fraction of sp³-hybridized carbons (Fsp3) is 0.500. The average molecular weight is 344 g/mol. The summed E-state index contributed by atoms with van der Waals surface area (Å²) in [5, 5.41) is 11.4. The van der Waals surface area contributed by atoms with Crippen LogP contribution >= 0.6 is 11.6 Å². The van der Waals surface area contributed by atoms with Crippen LogP contribution < -0.4 is 10.1 Å². The molecule has 1 rings (SSSR count). The molecule has 2 unspecified atom stereocenters. The maximum atomic E-state index is 11.9. The standard InChI is InChI=1S/C16H22ClNO5/c1-3-23-16(21)14(19)9-8-13(17)15(20)18-10-11-4-6-12(22-2)7-5-11/h4-7,13-14,19H,3,8-10H2,1-2H3,(H,18,20). The van der Waals surface area contributed by atoms with E-state index in [1.165, 1.54) is 0 Å². The number of hydrogen-bond acceptors (Lipinski definition) is 5. The minimum atomic E-state index is -1.26. The lowest BCUT2D eigenvalue weighted by Crippen LogP contribution is -2.32. The Morgan fingerprint density at radius 1 is 1.26 bits per heavy atom. The van der Waals surface area contributed by atoms with Crippen molar-refractivity contribution in [3.8, 4) is 5.75 Å². The van der Waals surface area contributed by atoms with E-state index in [0.717, 1.165) is 11.3 Å². The Kier molecular flexibility index (Phi) is 8.43. The highest BCUT2D eigenvalue weighted by atomic mass is 35.5. The number of alkyl halides is 1. The Labute approximate surface area is 140 Å². The molecular weight excluding hydrogens is 322 g/mol. The van der Waals surface area contributed by atoms with Gasteiger partial charge >= 0.3 is 5.97 Å². The van der Waals surface area contributed by atoms with Gasteiger partial charge in [-0.05, 0) is 37.5 Å². The smallest absolute Gasteiger partial charge is 0.334 e. The monoisotopic (exact) mass is 343 g/mol. The molecule has 1 aromatic rings. The van der Waals surface area contributed by atoms with Crippen LogP contribution in [0, 0.1) is 0 Å². The third kappa shape index (κ3) is 6.88. The molecule has 0 aliphatic carbocycles. The van der Waals surface area contributed by atoms with Crippen LogP contribution in [-0.2, 0) is 20.9 Å². The summed E-state index contributed by atoms with van der Waals surface area (Å²) >= 11 is 5.98. The van der Waals surface area contributed by atoms with E-state index in [9.17, 15) is 14.7 Å². The molecule has 0 radical (unpaired) electrons. The molecule has 0 aliphatic heterocycles. The largest absolute Gasteiger partial charge is 0.497 e. The molecule has 0 saturated carbocycles. The highest BCUT2D eigenvalue weighted by Crippen LogP contribution is 2.12. The van der Waals surface area contributed by atoms with Gasteiger partial charge in [-0.25, -0.2) is 4.79 Å². The number of hydrogen-bond donors (Lipinski definition) is 2. The van der Waals surface area contributed by atoms with Crippen molar-refractivity contribution in [2.75, 3.05) is 13.7 Å². The summed E-state index contributed by atoms with van der Waals surface area (Å²) in [6.45, 7) is 2.19. The van der Waals surface area contributed by atoms with Crippen molar-refractivity contribution < 1.29 is 24.2 Å². The second kappa shape index (κ2) is 10.1. The molecule has 0 fully saturated rings. The predicted octanol–water partition coefficient (Wildman–Crippen LogP) is 1.62. The van der Waals surface area contributed by atoms with Gasteiger partial charge in [0, 0.05) is 6.54 Å². The molecule has 0 aliphatic rings. The van der Waals surface area contributed by atoms with Gasteiger partial charge in [-0.15, -0.1) is 11.6 Å². The number of methoxy groups -OCH3 is 1. The van der Waals surface area contributed by atoms with Crippen LogP contribution in [0.1, 0.15) is 25.3 Å². The van der Waals surface area contributed by atoms with Gasteiger partial charge in [-0.1, -0.05) is 12.1 Å². The average Bonchev–Trinajstić information content (AvgIpc) is 2.57. The molecule has 128 valence electrons. The summed E-state index contributed by atoms with van der Waals surface area (Å²) in [4.78, 5) is 23.1. The maximum Gasteiger partial charge on any atom is 0.334 e. The first kappa shape index (κ1) is 19.3. The number of aliphatic hydroxyl groups excluding tert-OH is 1. The Morgan fingerprint density at radius 3 is 2.48 bits per heavy atom. The summed E-state index contributed by atoms with van der Waals surface area (Å²) in [5.74, 6) is -0.309. The van der Waals surface area contributed by atoms with E-state index in [0.29, 0.717) is 6.54 Å². The number of ether oxygens (including phenoxy) is 2.